The summed E-state index contributed by atoms with van der Waals surface area (Å²) in [4.78, 5) is 11.4. The molecule has 17 heavy (non-hydrogen) atoms. The van der Waals surface area contributed by atoms with Crippen LogP contribution >= 0.6 is 15.9 Å². The zero-order chi connectivity index (χ0) is 13.1. The Kier molecular flexibility index (Phi) is 4.61. The molecular weight excluding hydrogens is 319 g/mol. The van der Waals surface area contributed by atoms with Gasteiger partial charge in [0.15, 0.2) is 0 Å². The van der Waals surface area contributed by atoms with Crippen molar-refractivity contribution in [1.29, 1.82) is 0 Å². The average molecular weight is 327 g/mol. The highest BCUT2D eigenvalue weighted by atomic mass is 79.9. The Labute approximate surface area is 105 Å². The molecule has 0 spiro atoms. The van der Waals surface area contributed by atoms with E-state index < -0.39 is 34.3 Å². The number of hydrogen-bond acceptors (Lipinski definition) is 4. The molecule has 0 aromatic heterocycles. The molecule has 0 aliphatic heterocycles. The van der Waals surface area contributed by atoms with Crippen LogP contribution in [0.3, 0.4) is 0 Å². The lowest BCUT2D eigenvalue weighted by molar-refractivity contribution is 0.0528. The second-order valence-electron chi connectivity index (χ2n) is 3.05. The summed E-state index contributed by atoms with van der Waals surface area (Å²) < 4.78 is 46.7. The Hall–Kier alpha value is -0.990. The standard InChI is InChI=1S/C9H8BrFO5S/c10-7-5-6(1-2-8(7)11)9(12)16-3-4-17(13,14)15/h1-2,5H,3-4H2,(H,13,14,15). The largest absolute Gasteiger partial charge is 0.461 e. The van der Waals surface area contributed by atoms with Crippen LogP contribution in [0, 0.1) is 5.82 Å². The number of carbonyl (C=O) groups excluding carboxylic acids is 1. The SMILES string of the molecule is O=C(OCCS(=O)(=O)O)c1ccc(F)c(Br)c1. The van der Waals surface area contributed by atoms with Gasteiger partial charge in [0, 0.05) is 0 Å². The molecule has 0 saturated carbocycles. The summed E-state index contributed by atoms with van der Waals surface area (Å²) in [6.45, 7) is -0.466. The highest BCUT2D eigenvalue weighted by Crippen LogP contribution is 2.17. The second kappa shape index (κ2) is 5.56. The van der Waals surface area contributed by atoms with Crippen LogP contribution in [0.1, 0.15) is 10.4 Å². The number of rotatable bonds is 4. The van der Waals surface area contributed by atoms with Crippen LogP contribution in [-0.4, -0.2) is 31.3 Å². The molecule has 0 unspecified atom stereocenters. The first-order chi connectivity index (χ1) is 7.79. The average Bonchev–Trinajstić information content (AvgIpc) is 2.20. The Morgan fingerprint density at radius 3 is 2.65 bits per heavy atom. The van der Waals surface area contributed by atoms with E-state index in [1.54, 1.807) is 0 Å². The molecule has 5 nitrogen and oxygen atoms in total. The maximum atomic E-state index is 12.9. The van der Waals surface area contributed by atoms with Gasteiger partial charge in [0.25, 0.3) is 10.1 Å². The van der Waals surface area contributed by atoms with Crippen LogP contribution in [-0.2, 0) is 14.9 Å². The molecule has 1 aromatic carbocycles. The molecule has 8 heteroatoms. The van der Waals surface area contributed by atoms with Gasteiger partial charge in [-0.15, -0.1) is 0 Å². The van der Waals surface area contributed by atoms with Gasteiger partial charge in [0.05, 0.1) is 10.0 Å². The maximum absolute atomic E-state index is 12.9. The molecule has 0 bridgehead atoms. The van der Waals surface area contributed by atoms with E-state index in [0.29, 0.717) is 0 Å². The molecule has 0 atom stereocenters. The van der Waals surface area contributed by atoms with Crippen molar-refractivity contribution in [3.8, 4) is 0 Å². The first kappa shape index (κ1) is 14.1. The molecule has 1 aromatic rings. The fourth-order valence-electron chi connectivity index (χ4n) is 0.946. The van der Waals surface area contributed by atoms with E-state index in [4.69, 9.17) is 4.55 Å². The first-order valence-electron chi connectivity index (χ1n) is 4.37. The van der Waals surface area contributed by atoms with Crippen LogP contribution in [0.2, 0.25) is 0 Å². The monoisotopic (exact) mass is 326 g/mol. The molecule has 0 amide bonds. The minimum atomic E-state index is -4.16. The predicted octanol–water partition coefficient (Wildman–Crippen LogP) is 1.63. The van der Waals surface area contributed by atoms with Crippen molar-refractivity contribution in [3.05, 3.63) is 34.1 Å². The van der Waals surface area contributed by atoms with Crippen molar-refractivity contribution in [2.75, 3.05) is 12.4 Å². The second-order valence-corrected chi connectivity index (χ2v) is 5.48. The first-order valence-corrected chi connectivity index (χ1v) is 6.77. The van der Waals surface area contributed by atoms with Crippen LogP contribution in [0.5, 0.6) is 0 Å². The fourth-order valence-corrected chi connectivity index (χ4v) is 1.62. The summed E-state index contributed by atoms with van der Waals surface area (Å²) in [6.07, 6.45) is 0. The van der Waals surface area contributed by atoms with Gasteiger partial charge in [0.1, 0.15) is 18.2 Å². The van der Waals surface area contributed by atoms with Gasteiger partial charge in [-0.1, -0.05) is 0 Å². The summed E-state index contributed by atoms with van der Waals surface area (Å²) in [5.74, 6) is -2.00. The van der Waals surface area contributed by atoms with E-state index >= 15 is 0 Å². The highest BCUT2D eigenvalue weighted by molar-refractivity contribution is 9.10. The van der Waals surface area contributed by atoms with Crippen LogP contribution in [0.15, 0.2) is 22.7 Å². The molecule has 0 radical (unpaired) electrons. The zero-order valence-electron chi connectivity index (χ0n) is 8.39. The van der Waals surface area contributed by atoms with E-state index in [1.807, 2.05) is 0 Å². The van der Waals surface area contributed by atoms with Crippen LogP contribution in [0.25, 0.3) is 0 Å². The number of benzene rings is 1. The van der Waals surface area contributed by atoms with E-state index in [9.17, 15) is 17.6 Å². The van der Waals surface area contributed by atoms with Gasteiger partial charge < -0.3 is 4.74 Å². The number of esters is 1. The molecule has 0 saturated heterocycles. The summed E-state index contributed by atoms with van der Waals surface area (Å²) in [6, 6.07) is 3.49. The van der Waals surface area contributed by atoms with Gasteiger partial charge in [0.2, 0.25) is 0 Å². The van der Waals surface area contributed by atoms with Crippen LogP contribution < -0.4 is 0 Å². The van der Waals surface area contributed by atoms with Crippen molar-refractivity contribution < 1.29 is 26.9 Å². The Morgan fingerprint density at radius 1 is 1.47 bits per heavy atom. The molecule has 0 aliphatic carbocycles. The lowest BCUT2D eigenvalue weighted by Crippen LogP contribution is -2.14. The Bertz CT molecular complexity index is 528. The zero-order valence-corrected chi connectivity index (χ0v) is 10.8. The van der Waals surface area contributed by atoms with E-state index in [2.05, 4.69) is 20.7 Å². The lowest BCUT2D eigenvalue weighted by atomic mass is 10.2. The third kappa shape index (κ3) is 4.80. The number of carbonyl (C=O) groups is 1. The topological polar surface area (TPSA) is 80.7 Å². The maximum Gasteiger partial charge on any atom is 0.338 e. The summed E-state index contributed by atoms with van der Waals surface area (Å²) in [5, 5.41) is 0. The number of hydrogen-bond donors (Lipinski definition) is 1. The van der Waals surface area contributed by atoms with Gasteiger partial charge in [-0.25, -0.2) is 9.18 Å². The van der Waals surface area contributed by atoms with Crippen molar-refractivity contribution in [1.82, 2.24) is 0 Å². The molecule has 0 fully saturated rings. The van der Waals surface area contributed by atoms with E-state index in [-0.39, 0.29) is 10.0 Å². The molecule has 94 valence electrons. The van der Waals surface area contributed by atoms with E-state index in [1.165, 1.54) is 12.1 Å². The Morgan fingerprint density at radius 2 is 2.12 bits per heavy atom. The number of ether oxygens (including phenoxy) is 1. The van der Waals surface area contributed by atoms with Gasteiger partial charge in [-0.2, -0.15) is 8.42 Å². The van der Waals surface area contributed by atoms with Crippen molar-refractivity contribution in [2.24, 2.45) is 0 Å². The third-order valence-electron chi connectivity index (χ3n) is 1.73. The number of halogens is 2. The highest BCUT2D eigenvalue weighted by Gasteiger charge is 2.11. The third-order valence-corrected chi connectivity index (χ3v) is 3.02. The van der Waals surface area contributed by atoms with Gasteiger partial charge in [-0.3, -0.25) is 4.55 Å². The van der Waals surface area contributed by atoms with Crippen molar-refractivity contribution >= 4 is 32.0 Å². The smallest absolute Gasteiger partial charge is 0.338 e. The van der Waals surface area contributed by atoms with Crippen molar-refractivity contribution in [2.45, 2.75) is 0 Å². The molecule has 1 N–H and O–H groups in total. The molecule has 1 rings (SSSR count). The minimum Gasteiger partial charge on any atom is -0.461 e. The van der Waals surface area contributed by atoms with Crippen molar-refractivity contribution in [3.63, 3.8) is 0 Å². The van der Waals surface area contributed by atoms with Crippen LogP contribution in [0.4, 0.5) is 4.39 Å². The quantitative estimate of drug-likeness (QED) is 0.672. The minimum absolute atomic E-state index is 0.0774. The predicted molar refractivity (Wildman–Crippen MR) is 60.8 cm³/mol. The molecule has 0 heterocycles. The lowest BCUT2D eigenvalue weighted by Gasteiger charge is -2.04. The summed E-state index contributed by atoms with van der Waals surface area (Å²) >= 11 is 2.90. The summed E-state index contributed by atoms with van der Waals surface area (Å²) in [7, 11) is -4.16. The van der Waals surface area contributed by atoms with Gasteiger partial charge in [-0.05, 0) is 34.1 Å². The van der Waals surface area contributed by atoms with E-state index in [0.717, 1.165) is 6.07 Å². The normalized spacial score (nSPS) is 11.2. The Balaban J connectivity index is 2.61. The summed E-state index contributed by atoms with van der Waals surface area (Å²) in [5.41, 5.74) is 0.0774. The fraction of sp³-hybridized carbons (Fsp3) is 0.222. The molecular formula is C9H8BrFO5S. The molecule has 0 aliphatic rings. The van der Waals surface area contributed by atoms with Gasteiger partial charge >= 0.3 is 5.97 Å².